The van der Waals surface area contributed by atoms with Gasteiger partial charge >= 0.3 is 0 Å². The predicted molar refractivity (Wildman–Crippen MR) is 103 cm³/mol. The first-order chi connectivity index (χ1) is 12.1. The van der Waals surface area contributed by atoms with Crippen LogP contribution in [-0.4, -0.2) is 32.0 Å². The van der Waals surface area contributed by atoms with Gasteiger partial charge in [-0.05, 0) is 73.5 Å². The second-order valence-corrected chi connectivity index (χ2v) is 8.33. The van der Waals surface area contributed by atoms with Crippen molar-refractivity contribution in [2.75, 3.05) is 19.8 Å². The van der Waals surface area contributed by atoms with Crippen LogP contribution < -0.4 is 5.73 Å². The van der Waals surface area contributed by atoms with Crippen molar-refractivity contribution in [3.63, 3.8) is 0 Å². The Bertz CT molecular complexity index is 543. The molecule has 0 bridgehead atoms. The van der Waals surface area contributed by atoms with E-state index in [0.717, 1.165) is 51.9 Å². The Morgan fingerprint density at radius 2 is 1.96 bits per heavy atom. The predicted octanol–water partition coefficient (Wildman–Crippen LogP) is 4.22. The van der Waals surface area contributed by atoms with Gasteiger partial charge in [-0.3, -0.25) is 0 Å². The lowest BCUT2D eigenvalue weighted by atomic mass is 9.86. The molecule has 0 radical (unpaired) electrons. The Balaban J connectivity index is 1.43. The Morgan fingerprint density at radius 1 is 1.08 bits per heavy atom. The molecule has 1 saturated carbocycles. The molecule has 0 aromatic heterocycles. The topological polar surface area (TPSA) is 44.5 Å². The molecule has 1 aromatic rings. The fourth-order valence-electron chi connectivity index (χ4n) is 4.15. The summed E-state index contributed by atoms with van der Waals surface area (Å²) in [6, 6.07) is 7.52. The Kier molecular flexibility index (Phi) is 6.92. The van der Waals surface area contributed by atoms with Gasteiger partial charge in [-0.15, -0.1) is 0 Å². The highest BCUT2D eigenvalue weighted by molar-refractivity contribution is 5.36. The fraction of sp³-hybridized carbons (Fsp3) is 0.727. The molecular weight excluding hydrogens is 310 g/mol. The minimum Gasteiger partial charge on any atom is -0.379 e. The fourth-order valence-corrected chi connectivity index (χ4v) is 4.15. The Labute approximate surface area is 153 Å². The van der Waals surface area contributed by atoms with E-state index >= 15 is 0 Å². The molecule has 2 N–H and O–H groups in total. The molecule has 140 valence electrons. The van der Waals surface area contributed by atoms with E-state index < -0.39 is 0 Å². The van der Waals surface area contributed by atoms with Crippen molar-refractivity contribution in [1.29, 1.82) is 0 Å². The maximum atomic E-state index is 6.08. The number of ether oxygens (including phenoxy) is 2. The molecule has 0 spiro atoms. The van der Waals surface area contributed by atoms with Gasteiger partial charge in [0, 0.05) is 12.6 Å². The summed E-state index contributed by atoms with van der Waals surface area (Å²) in [5, 5.41) is 0. The lowest BCUT2D eigenvalue weighted by Crippen LogP contribution is -2.24. The largest absolute Gasteiger partial charge is 0.379 e. The van der Waals surface area contributed by atoms with Crippen LogP contribution in [-0.2, 0) is 22.3 Å². The number of rotatable bonds is 8. The second kappa shape index (κ2) is 9.16. The van der Waals surface area contributed by atoms with Crippen molar-refractivity contribution in [1.82, 2.24) is 0 Å². The van der Waals surface area contributed by atoms with Crippen LogP contribution in [0.15, 0.2) is 18.2 Å². The number of nitrogens with two attached hydrogens (primary N) is 1. The Morgan fingerprint density at radius 3 is 2.72 bits per heavy atom. The zero-order chi connectivity index (χ0) is 17.6. The highest BCUT2D eigenvalue weighted by atomic mass is 16.5. The van der Waals surface area contributed by atoms with Gasteiger partial charge < -0.3 is 15.2 Å². The molecule has 2 aliphatic carbocycles. The lowest BCUT2D eigenvalue weighted by Gasteiger charge is -2.26. The summed E-state index contributed by atoms with van der Waals surface area (Å²) in [6.07, 6.45) is 8.39. The van der Waals surface area contributed by atoms with E-state index in [1.54, 1.807) is 0 Å². The minimum absolute atomic E-state index is 0.354. The van der Waals surface area contributed by atoms with E-state index in [0.29, 0.717) is 24.0 Å². The average Bonchev–Trinajstić information content (AvgIpc) is 3.03. The normalized spacial score (nSPS) is 26.2. The summed E-state index contributed by atoms with van der Waals surface area (Å²) in [6.45, 7) is 6.74. The highest BCUT2D eigenvalue weighted by Crippen LogP contribution is 2.35. The van der Waals surface area contributed by atoms with Crippen molar-refractivity contribution >= 4 is 0 Å². The van der Waals surface area contributed by atoms with Gasteiger partial charge in [-0.1, -0.05) is 32.0 Å². The summed E-state index contributed by atoms with van der Waals surface area (Å²) in [5.41, 5.74) is 10.6. The zero-order valence-electron chi connectivity index (χ0n) is 16.0. The van der Waals surface area contributed by atoms with E-state index in [2.05, 4.69) is 32.0 Å². The molecule has 1 aromatic carbocycles. The van der Waals surface area contributed by atoms with Crippen LogP contribution in [0.25, 0.3) is 0 Å². The van der Waals surface area contributed by atoms with E-state index in [-0.39, 0.29) is 0 Å². The number of benzene rings is 1. The van der Waals surface area contributed by atoms with Crippen molar-refractivity contribution in [2.24, 2.45) is 11.7 Å². The molecule has 2 aliphatic rings. The number of aryl methyl sites for hydroxylation is 1. The van der Waals surface area contributed by atoms with E-state index in [9.17, 15) is 0 Å². The van der Waals surface area contributed by atoms with Crippen LogP contribution in [0.1, 0.15) is 68.6 Å². The number of fused-ring (bicyclic) bond motifs is 1. The third kappa shape index (κ3) is 5.54. The lowest BCUT2D eigenvalue weighted by molar-refractivity contribution is -0.00218. The summed E-state index contributed by atoms with van der Waals surface area (Å²) < 4.78 is 11.7. The van der Waals surface area contributed by atoms with Gasteiger partial charge in [0.05, 0.1) is 19.3 Å². The molecular formula is C22H35NO2. The number of hydrogen-bond acceptors (Lipinski definition) is 3. The molecule has 3 atom stereocenters. The second-order valence-electron chi connectivity index (χ2n) is 8.33. The molecule has 3 nitrogen and oxygen atoms in total. The summed E-state index contributed by atoms with van der Waals surface area (Å²) in [7, 11) is 0. The molecule has 1 fully saturated rings. The molecule has 0 heterocycles. The summed E-state index contributed by atoms with van der Waals surface area (Å²) in [4.78, 5) is 0. The quantitative estimate of drug-likeness (QED) is 0.718. The third-order valence-electron chi connectivity index (χ3n) is 5.78. The molecule has 25 heavy (non-hydrogen) atoms. The van der Waals surface area contributed by atoms with Crippen LogP contribution in [0.3, 0.4) is 0 Å². The molecule has 0 saturated heterocycles. The average molecular weight is 346 g/mol. The van der Waals surface area contributed by atoms with Gasteiger partial charge in [-0.2, -0.15) is 0 Å². The molecule has 3 heteroatoms. The van der Waals surface area contributed by atoms with Crippen molar-refractivity contribution in [3.05, 3.63) is 34.9 Å². The smallest absolute Gasteiger partial charge is 0.0704 e. The molecule has 2 unspecified atom stereocenters. The maximum absolute atomic E-state index is 6.08. The SMILES string of the molecule is CC(C)CCOCCO[C@H]1CCc2cc(C3CCC(N)C3)ccc2C1. The van der Waals surface area contributed by atoms with Crippen LogP contribution in [0.2, 0.25) is 0 Å². The molecule has 0 amide bonds. The standard InChI is InChI=1S/C22H35NO2/c1-16(2)9-10-24-11-12-25-22-8-6-18-13-17(3-4-20(18)15-22)19-5-7-21(23)14-19/h3-4,13,16,19,21-22H,5-12,14-15,23H2,1-2H3/t19?,21?,22-/m0/s1. The van der Waals surface area contributed by atoms with Crippen molar-refractivity contribution < 1.29 is 9.47 Å². The Hall–Kier alpha value is -0.900. The van der Waals surface area contributed by atoms with Crippen molar-refractivity contribution in [2.45, 2.75) is 76.9 Å². The van der Waals surface area contributed by atoms with E-state index in [1.165, 1.54) is 29.5 Å². The minimum atomic E-state index is 0.354. The summed E-state index contributed by atoms with van der Waals surface area (Å²) >= 11 is 0. The first-order valence-corrected chi connectivity index (χ1v) is 10.2. The third-order valence-corrected chi connectivity index (χ3v) is 5.78. The molecule has 3 rings (SSSR count). The van der Waals surface area contributed by atoms with Crippen LogP contribution in [0.5, 0.6) is 0 Å². The first-order valence-electron chi connectivity index (χ1n) is 10.2. The van der Waals surface area contributed by atoms with Crippen LogP contribution in [0.4, 0.5) is 0 Å². The van der Waals surface area contributed by atoms with Gasteiger partial charge in [0.15, 0.2) is 0 Å². The first kappa shape index (κ1) is 18.9. The van der Waals surface area contributed by atoms with Gasteiger partial charge in [0.25, 0.3) is 0 Å². The van der Waals surface area contributed by atoms with Gasteiger partial charge in [0.1, 0.15) is 0 Å². The van der Waals surface area contributed by atoms with E-state index in [1.807, 2.05) is 0 Å². The number of hydrogen-bond donors (Lipinski definition) is 1. The summed E-state index contributed by atoms with van der Waals surface area (Å²) in [5.74, 6) is 1.39. The zero-order valence-corrected chi connectivity index (χ0v) is 16.0. The molecule has 0 aliphatic heterocycles. The maximum Gasteiger partial charge on any atom is 0.0704 e. The van der Waals surface area contributed by atoms with E-state index in [4.69, 9.17) is 15.2 Å². The van der Waals surface area contributed by atoms with Crippen molar-refractivity contribution in [3.8, 4) is 0 Å². The van der Waals surface area contributed by atoms with Crippen LogP contribution >= 0.6 is 0 Å². The van der Waals surface area contributed by atoms with Gasteiger partial charge in [-0.25, -0.2) is 0 Å². The van der Waals surface area contributed by atoms with Gasteiger partial charge in [0.2, 0.25) is 0 Å². The highest BCUT2D eigenvalue weighted by Gasteiger charge is 2.25. The van der Waals surface area contributed by atoms with Crippen LogP contribution in [0, 0.1) is 5.92 Å². The monoisotopic (exact) mass is 345 g/mol.